The molecule has 2 aliphatic carbocycles. The fourth-order valence-electron chi connectivity index (χ4n) is 11.2. The van der Waals surface area contributed by atoms with Crippen LogP contribution in [0.3, 0.4) is 0 Å². The minimum atomic E-state index is 0.120. The molecule has 2 aliphatic rings. The average molecular weight is 840 g/mol. The van der Waals surface area contributed by atoms with E-state index in [2.05, 4.69) is 33.8 Å². The molecule has 59 heavy (non-hydrogen) atoms. The normalized spacial score (nSPS) is 28.7. The monoisotopic (exact) mass is 839 g/mol. The van der Waals surface area contributed by atoms with Crippen LogP contribution >= 0.6 is 12.6 Å². The van der Waals surface area contributed by atoms with Crippen LogP contribution in [-0.2, 0) is 0 Å². The lowest BCUT2D eigenvalue weighted by Crippen LogP contribution is -2.42. The molecule has 0 spiro atoms. The highest BCUT2D eigenvalue weighted by atomic mass is 32.1. The minimum absolute atomic E-state index is 0.120. The number of unbranched alkanes of at least 4 members (excludes halogenated alkanes) is 5. The third kappa shape index (κ3) is 28.3. The van der Waals surface area contributed by atoms with Crippen LogP contribution in [0.1, 0.15) is 336 Å². The van der Waals surface area contributed by atoms with Crippen molar-refractivity contribution in [3.63, 3.8) is 0 Å². The van der Waals surface area contributed by atoms with Crippen LogP contribution in [0.5, 0.6) is 0 Å². The Morgan fingerprint density at radius 3 is 1.29 bits per heavy atom. The van der Waals surface area contributed by atoms with E-state index in [-0.39, 0.29) is 4.75 Å². The van der Waals surface area contributed by atoms with E-state index >= 15 is 0 Å². The Hall–Kier alpha value is -0.170. The Labute approximate surface area is 379 Å². The maximum Gasteiger partial charge on any atom is 0.0186 e. The second-order valence-corrected chi connectivity index (χ2v) is 22.0. The van der Waals surface area contributed by atoms with Gasteiger partial charge in [-0.05, 0) is 102 Å². The SMILES string of the molecule is CCCCCCCC/C1=C2\CCCCCCCCCCCCCCCCCCCCCCCCCC/C=C(/C)CCC(S)(CCC)C(C)(CCCCCCCCC2)CC1. The standard InChI is InChI=1S/C58H110S/c1-5-7-8-9-35-42-47-56-49-52-57(4)51-43-38-33-29-32-37-41-46-55(56)45-40-36-31-28-26-24-22-20-18-16-14-12-10-11-13-15-17-19-21-23-25-27-30-34-39-44-54(3)48-53-58(57,59)50-6-2/h44,59H,5-43,45-53H2,1-4H3/b54-44-,56-55-. The molecule has 348 valence electrons. The first-order chi connectivity index (χ1) is 28.9. The first kappa shape index (κ1) is 55.0. The summed E-state index contributed by atoms with van der Waals surface area (Å²) >= 11 is 5.88. The first-order valence-corrected chi connectivity index (χ1v) is 28.5. The zero-order valence-electron chi connectivity index (χ0n) is 41.5. The van der Waals surface area contributed by atoms with Crippen molar-refractivity contribution in [1.29, 1.82) is 0 Å². The first-order valence-electron chi connectivity index (χ1n) is 28.0. The molecule has 0 saturated heterocycles. The van der Waals surface area contributed by atoms with Crippen LogP contribution in [-0.4, -0.2) is 4.75 Å². The zero-order valence-corrected chi connectivity index (χ0v) is 42.4. The third-order valence-corrected chi connectivity index (χ3v) is 16.7. The fraction of sp³-hybridized carbons (Fsp3) is 0.931. The molecule has 0 aromatic rings. The van der Waals surface area contributed by atoms with Crippen molar-refractivity contribution in [2.45, 2.75) is 341 Å². The second-order valence-electron chi connectivity index (χ2n) is 21.1. The van der Waals surface area contributed by atoms with Crippen molar-refractivity contribution in [2.75, 3.05) is 0 Å². The van der Waals surface area contributed by atoms with Crippen molar-refractivity contribution in [3.05, 3.63) is 22.8 Å². The third-order valence-electron chi connectivity index (χ3n) is 15.7. The van der Waals surface area contributed by atoms with Gasteiger partial charge in [-0.1, -0.05) is 262 Å². The lowest BCUT2D eigenvalue weighted by atomic mass is 9.65. The smallest absolute Gasteiger partial charge is 0.0186 e. The van der Waals surface area contributed by atoms with E-state index in [1.807, 2.05) is 11.1 Å². The minimum Gasteiger partial charge on any atom is -0.172 e. The number of allylic oxidation sites excluding steroid dienone is 4. The van der Waals surface area contributed by atoms with Gasteiger partial charge in [-0.2, -0.15) is 12.6 Å². The molecule has 0 aromatic heterocycles. The zero-order chi connectivity index (χ0) is 42.4. The van der Waals surface area contributed by atoms with Crippen LogP contribution in [0.2, 0.25) is 0 Å². The van der Waals surface area contributed by atoms with Gasteiger partial charge in [0.05, 0.1) is 0 Å². The summed E-state index contributed by atoms with van der Waals surface area (Å²) in [6.45, 7) is 9.96. The largest absolute Gasteiger partial charge is 0.172 e. The molecule has 0 amide bonds. The van der Waals surface area contributed by atoms with E-state index in [1.54, 1.807) is 5.57 Å². The summed E-state index contributed by atoms with van der Waals surface area (Å²) in [6, 6.07) is 0. The highest BCUT2D eigenvalue weighted by Gasteiger charge is 2.43. The molecule has 0 aliphatic heterocycles. The number of hydrogen-bond acceptors (Lipinski definition) is 1. The van der Waals surface area contributed by atoms with Gasteiger partial charge < -0.3 is 0 Å². The van der Waals surface area contributed by atoms with Gasteiger partial charge in [0.2, 0.25) is 0 Å². The quantitative estimate of drug-likeness (QED) is 0.133. The fourth-order valence-corrected chi connectivity index (χ4v) is 11.8. The van der Waals surface area contributed by atoms with Gasteiger partial charge in [0, 0.05) is 4.75 Å². The molecule has 0 radical (unpaired) electrons. The van der Waals surface area contributed by atoms with Gasteiger partial charge >= 0.3 is 0 Å². The van der Waals surface area contributed by atoms with E-state index in [0.717, 1.165) is 0 Å². The van der Waals surface area contributed by atoms with Gasteiger partial charge in [-0.15, -0.1) is 0 Å². The van der Waals surface area contributed by atoms with Crippen LogP contribution in [0.15, 0.2) is 22.8 Å². The van der Waals surface area contributed by atoms with E-state index in [9.17, 15) is 0 Å². The van der Waals surface area contributed by atoms with Crippen molar-refractivity contribution < 1.29 is 0 Å². The predicted octanol–water partition coefficient (Wildman–Crippen LogP) is 21.7. The molecule has 2 atom stereocenters. The molecule has 0 aromatic carbocycles. The molecular weight excluding hydrogens is 729 g/mol. The van der Waals surface area contributed by atoms with E-state index in [0.29, 0.717) is 5.41 Å². The average Bonchev–Trinajstić information content (AvgIpc) is 3.23. The summed E-state index contributed by atoms with van der Waals surface area (Å²) < 4.78 is 0.120. The summed E-state index contributed by atoms with van der Waals surface area (Å²) in [5.74, 6) is 0. The highest BCUT2D eigenvalue weighted by molar-refractivity contribution is 7.81. The molecule has 2 bridgehead atoms. The van der Waals surface area contributed by atoms with E-state index in [1.165, 1.54) is 308 Å². The summed E-state index contributed by atoms with van der Waals surface area (Å²) in [5, 5.41) is 0. The van der Waals surface area contributed by atoms with Gasteiger partial charge in [0.1, 0.15) is 0 Å². The second kappa shape index (κ2) is 38.3. The van der Waals surface area contributed by atoms with Crippen LogP contribution in [0.25, 0.3) is 0 Å². The van der Waals surface area contributed by atoms with Gasteiger partial charge in [-0.25, -0.2) is 0 Å². The Kier molecular flexibility index (Phi) is 35.7. The summed E-state index contributed by atoms with van der Waals surface area (Å²) in [5.41, 5.74) is 5.79. The number of thiol groups is 1. The van der Waals surface area contributed by atoms with Crippen molar-refractivity contribution >= 4 is 12.6 Å². The Morgan fingerprint density at radius 1 is 0.424 bits per heavy atom. The van der Waals surface area contributed by atoms with Crippen molar-refractivity contribution in [2.24, 2.45) is 5.41 Å². The number of fused-ring (bicyclic) bond motifs is 3. The predicted molar refractivity (Wildman–Crippen MR) is 274 cm³/mol. The van der Waals surface area contributed by atoms with Crippen LogP contribution < -0.4 is 0 Å². The van der Waals surface area contributed by atoms with Crippen molar-refractivity contribution in [3.8, 4) is 0 Å². The number of hydrogen-bond donors (Lipinski definition) is 1. The molecule has 2 rings (SSSR count). The lowest BCUT2D eigenvalue weighted by molar-refractivity contribution is 0.159. The molecule has 0 saturated carbocycles. The van der Waals surface area contributed by atoms with Crippen molar-refractivity contribution in [1.82, 2.24) is 0 Å². The van der Waals surface area contributed by atoms with Gasteiger partial charge in [0.25, 0.3) is 0 Å². The molecule has 2 unspecified atom stereocenters. The Morgan fingerprint density at radius 2 is 0.831 bits per heavy atom. The summed E-state index contributed by atoms with van der Waals surface area (Å²) in [4.78, 5) is 0. The van der Waals surface area contributed by atoms with Crippen LogP contribution in [0.4, 0.5) is 0 Å². The van der Waals surface area contributed by atoms with E-state index < -0.39 is 0 Å². The molecule has 0 N–H and O–H groups in total. The molecule has 0 fully saturated rings. The Balaban J connectivity index is 2.19. The van der Waals surface area contributed by atoms with Gasteiger partial charge in [-0.3, -0.25) is 0 Å². The number of rotatable bonds is 9. The Bertz CT molecular complexity index is 989. The topological polar surface area (TPSA) is 0 Å². The summed E-state index contributed by atoms with van der Waals surface area (Å²) in [7, 11) is 0. The molecular formula is C58H110S. The van der Waals surface area contributed by atoms with Crippen LogP contribution in [0, 0.1) is 5.41 Å². The summed E-state index contributed by atoms with van der Waals surface area (Å²) in [6.07, 6.45) is 71.0. The maximum absolute atomic E-state index is 5.88. The highest BCUT2D eigenvalue weighted by Crippen LogP contribution is 2.51. The molecule has 0 nitrogen and oxygen atoms in total. The lowest BCUT2D eigenvalue weighted by Gasteiger charge is -2.47. The van der Waals surface area contributed by atoms with Gasteiger partial charge in [0.15, 0.2) is 0 Å². The van der Waals surface area contributed by atoms with E-state index in [4.69, 9.17) is 12.6 Å². The molecule has 0 heterocycles. The maximum atomic E-state index is 5.88. The molecule has 1 heteroatoms.